The van der Waals surface area contributed by atoms with Gasteiger partial charge in [-0.15, -0.1) is 0 Å². The zero-order valence-electron chi connectivity index (χ0n) is 20.2. The molecule has 7 heteroatoms. The quantitative estimate of drug-likeness (QED) is 0.318. The van der Waals surface area contributed by atoms with Crippen LogP contribution in [0.2, 0.25) is 0 Å². The van der Waals surface area contributed by atoms with Crippen LogP contribution in [0.15, 0.2) is 60.8 Å². The number of rotatable bonds is 3. The first kappa shape index (κ1) is 23.5. The molecule has 0 bridgehead atoms. The highest BCUT2D eigenvalue weighted by molar-refractivity contribution is 9.10. The zero-order chi connectivity index (χ0) is 25.0. The minimum Gasteiger partial charge on any atom is -0.464 e. The monoisotopic (exact) mass is 549 g/mol. The lowest BCUT2D eigenvalue weighted by molar-refractivity contribution is -0.142. The fourth-order valence-electron chi connectivity index (χ4n) is 6.03. The van der Waals surface area contributed by atoms with Gasteiger partial charge in [0.05, 0.1) is 23.8 Å². The van der Waals surface area contributed by atoms with Crippen molar-refractivity contribution in [3.05, 3.63) is 68.7 Å². The predicted molar refractivity (Wildman–Crippen MR) is 142 cm³/mol. The van der Waals surface area contributed by atoms with Crippen LogP contribution in [0.4, 0.5) is 0 Å². The number of aryl methyl sites for hydroxylation is 1. The van der Waals surface area contributed by atoms with Crippen LogP contribution in [0.3, 0.4) is 0 Å². The van der Waals surface area contributed by atoms with Crippen LogP contribution in [0, 0.1) is 12.8 Å². The van der Waals surface area contributed by atoms with Crippen molar-refractivity contribution in [2.75, 3.05) is 13.1 Å². The number of amides is 1. The maximum atomic E-state index is 13.3. The average Bonchev–Trinajstić information content (AvgIpc) is 3.28. The summed E-state index contributed by atoms with van der Waals surface area (Å²) < 4.78 is 12.5. The Labute approximate surface area is 217 Å². The molecule has 1 saturated heterocycles. The first-order valence-electron chi connectivity index (χ1n) is 12.6. The smallest absolute Gasteiger partial charge is 0.340 e. The summed E-state index contributed by atoms with van der Waals surface area (Å²) in [6.07, 6.45) is 6.22. The van der Waals surface area contributed by atoms with Gasteiger partial charge in [0.25, 0.3) is 0 Å². The third kappa shape index (κ3) is 3.98. The van der Waals surface area contributed by atoms with Crippen LogP contribution in [-0.4, -0.2) is 34.6 Å². The van der Waals surface area contributed by atoms with E-state index in [1.807, 2.05) is 42.2 Å². The molecule has 2 atom stereocenters. The van der Waals surface area contributed by atoms with Crippen molar-refractivity contribution >= 4 is 43.8 Å². The molecule has 1 amide bonds. The number of hydrogen-bond acceptors (Lipinski definition) is 5. The molecule has 1 saturated carbocycles. The van der Waals surface area contributed by atoms with E-state index in [0.717, 1.165) is 57.6 Å². The molecule has 6 nitrogen and oxygen atoms in total. The van der Waals surface area contributed by atoms with Crippen molar-refractivity contribution in [2.24, 2.45) is 5.92 Å². The van der Waals surface area contributed by atoms with Gasteiger partial charge in [-0.05, 0) is 55.5 Å². The summed E-state index contributed by atoms with van der Waals surface area (Å²) in [4.78, 5) is 28.0. The number of carbonyl (C=O) groups excluding carboxylic acids is 1. The van der Waals surface area contributed by atoms with Crippen molar-refractivity contribution in [1.82, 2.24) is 4.90 Å². The van der Waals surface area contributed by atoms with Gasteiger partial charge in [-0.1, -0.05) is 40.9 Å². The van der Waals surface area contributed by atoms with Gasteiger partial charge >= 0.3 is 5.63 Å². The Kier molecular flexibility index (Phi) is 5.80. The molecular formula is C29H28BrNO5. The Hall–Kier alpha value is -2.90. The molecule has 0 radical (unpaired) electrons. The molecule has 3 heterocycles. The van der Waals surface area contributed by atoms with E-state index in [2.05, 4.69) is 15.9 Å². The van der Waals surface area contributed by atoms with Crippen LogP contribution >= 0.6 is 15.9 Å². The SMILES string of the molecule is Cc1c(CC(=O)N2CC[C@@]3(O)CCCC[C@@H]3C2)c(=O)oc2cc3occ(-c4ccc(Br)cc4)c3cc12. The van der Waals surface area contributed by atoms with E-state index in [9.17, 15) is 14.7 Å². The number of carbonyl (C=O) groups is 1. The van der Waals surface area contributed by atoms with Gasteiger partial charge < -0.3 is 18.8 Å². The average molecular weight is 550 g/mol. The van der Waals surface area contributed by atoms with Crippen molar-refractivity contribution in [1.29, 1.82) is 0 Å². The Morgan fingerprint density at radius 1 is 1.14 bits per heavy atom. The fraction of sp³-hybridized carbons (Fsp3) is 0.379. The van der Waals surface area contributed by atoms with E-state index in [1.165, 1.54) is 0 Å². The number of halogens is 1. The highest BCUT2D eigenvalue weighted by atomic mass is 79.9. The zero-order valence-corrected chi connectivity index (χ0v) is 21.8. The van der Waals surface area contributed by atoms with E-state index in [4.69, 9.17) is 8.83 Å². The highest BCUT2D eigenvalue weighted by Crippen LogP contribution is 2.40. The van der Waals surface area contributed by atoms with Crippen molar-refractivity contribution < 1.29 is 18.7 Å². The molecule has 2 aliphatic rings. The number of aliphatic hydroxyl groups is 1. The van der Waals surface area contributed by atoms with Gasteiger partial charge in [0.15, 0.2) is 0 Å². The molecule has 2 fully saturated rings. The predicted octanol–water partition coefficient (Wildman–Crippen LogP) is 5.97. The standard InChI is InChI=1S/C29H28BrNO5/c1-17-21-12-23-24(18-5-7-20(30)8-6-18)16-35-25(23)14-26(21)36-28(33)22(17)13-27(32)31-11-10-29(34)9-3-2-4-19(29)15-31/h5-8,12,14,16,19,34H,2-4,9-11,13,15H2,1H3/t19-,29+/m1/s1. The van der Waals surface area contributed by atoms with Crippen molar-refractivity contribution in [2.45, 2.75) is 51.0 Å². The lowest BCUT2D eigenvalue weighted by Crippen LogP contribution is -2.55. The second kappa shape index (κ2) is 8.89. The summed E-state index contributed by atoms with van der Waals surface area (Å²) in [5.74, 6) is 0.0294. The summed E-state index contributed by atoms with van der Waals surface area (Å²) in [6, 6.07) is 11.7. The molecular weight excluding hydrogens is 522 g/mol. The van der Waals surface area contributed by atoms with Gasteiger partial charge in [-0.2, -0.15) is 0 Å². The molecule has 0 unspecified atom stereocenters. The number of likely N-dealkylation sites (tertiary alicyclic amines) is 1. The third-order valence-corrected chi connectivity index (χ3v) is 8.77. The minimum absolute atomic E-state index is 0.00174. The minimum atomic E-state index is -0.643. The highest BCUT2D eigenvalue weighted by Gasteiger charge is 2.43. The Morgan fingerprint density at radius 2 is 1.94 bits per heavy atom. The second-order valence-electron chi connectivity index (χ2n) is 10.3. The number of piperidine rings is 1. The van der Waals surface area contributed by atoms with Crippen LogP contribution in [0.25, 0.3) is 33.1 Å². The number of nitrogens with zero attached hydrogens (tertiary/aromatic N) is 1. The summed E-state index contributed by atoms with van der Waals surface area (Å²) >= 11 is 3.47. The Morgan fingerprint density at radius 3 is 2.75 bits per heavy atom. The largest absolute Gasteiger partial charge is 0.464 e. The van der Waals surface area contributed by atoms with Gasteiger partial charge in [-0.25, -0.2) is 4.79 Å². The lowest BCUT2D eigenvalue weighted by Gasteiger charge is -2.47. The van der Waals surface area contributed by atoms with Crippen LogP contribution < -0.4 is 5.63 Å². The maximum absolute atomic E-state index is 13.3. The molecule has 2 aromatic carbocycles. The van der Waals surface area contributed by atoms with Crippen LogP contribution in [0.5, 0.6) is 0 Å². The first-order chi connectivity index (χ1) is 17.3. The van der Waals surface area contributed by atoms with Gasteiger partial charge in [-0.3, -0.25) is 4.79 Å². The second-order valence-corrected chi connectivity index (χ2v) is 11.2. The third-order valence-electron chi connectivity index (χ3n) is 8.24. The number of benzene rings is 2. The summed E-state index contributed by atoms with van der Waals surface area (Å²) in [6.45, 7) is 2.96. The number of fused-ring (bicyclic) bond motifs is 3. The van der Waals surface area contributed by atoms with E-state index in [1.54, 1.807) is 12.3 Å². The van der Waals surface area contributed by atoms with Crippen LogP contribution in [0.1, 0.15) is 43.2 Å². The molecule has 4 aromatic rings. The summed E-state index contributed by atoms with van der Waals surface area (Å²) in [5.41, 5.74) is 3.08. The van der Waals surface area contributed by atoms with E-state index in [-0.39, 0.29) is 18.2 Å². The van der Waals surface area contributed by atoms with Crippen LogP contribution in [-0.2, 0) is 11.2 Å². The fourth-order valence-corrected chi connectivity index (χ4v) is 6.29. The Bertz CT molecular complexity index is 1540. The van der Waals surface area contributed by atoms with E-state index < -0.39 is 11.2 Å². The number of furan rings is 1. The molecule has 1 N–H and O–H groups in total. The summed E-state index contributed by atoms with van der Waals surface area (Å²) in [5, 5.41) is 12.7. The molecule has 186 valence electrons. The number of hydrogen-bond donors (Lipinski definition) is 1. The molecule has 6 rings (SSSR count). The lowest BCUT2D eigenvalue weighted by atomic mass is 9.71. The molecule has 2 aromatic heterocycles. The summed E-state index contributed by atoms with van der Waals surface area (Å²) in [7, 11) is 0. The van der Waals surface area contributed by atoms with E-state index in [0.29, 0.717) is 36.2 Å². The Balaban J connectivity index is 1.33. The van der Waals surface area contributed by atoms with Crippen molar-refractivity contribution in [3.8, 4) is 11.1 Å². The molecule has 1 aliphatic carbocycles. The maximum Gasteiger partial charge on any atom is 0.340 e. The normalized spacial score (nSPS) is 22.2. The van der Waals surface area contributed by atoms with Crippen molar-refractivity contribution in [3.63, 3.8) is 0 Å². The van der Waals surface area contributed by atoms with E-state index >= 15 is 0 Å². The molecule has 1 aliphatic heterocycles. The topological polar surface area (TPSA) is 83.9 Å². The molecule has 36 heavy (non-hydrogen) atoms. The first-order valence-corrected chi connectivity index (χ1v) is 13.4. The van der Waals surface area contributed by atoms with Gasteiger partial charge in [0.1, 0.15) is 11.2 Å². The van der Waals surface area contributed by atoms with Gasteiger partial charge in [0.2, 0.25) is 5.91 Å². The molecule has 0 spiro atoms. The van der Waals surface area contributed by atoms with Gasteiger partial charge in [0, 0.05) is 45.9 Å².